The third kappa shape index (κ3) is 4.34. The van der Waals surface area contributed by atoms with Crippen LogP contribution in [0.25, 0.3) is 0 Å². The molecule has 0 saturated heterocycles. The summed E-state index contributed by atoms with van der Waals surface area (Å²) in [5.74, 6) is 0.201. The SMILES string of the molecule is CC(=O)NCc1cc(C(=O)Nc2cnc(C)nc2)ccn1. The van der Waals surface area contributed by atoms with Crippen LogP contribution in [0.4, 0.5) is 5.69 Å². The molecule has 2 N–H and O–H groups in total. The molecule has 0 aliphatic rings. The maximum atomic E-state index is 12.1. The van der Waals surface area contributed by atoms with E-state index in [1.54, 1.807) is 31.5 Å². The number of aryl methyl sites for hydroxylation is 1. The summed E-state index contributed by atoms with van der Waals surface area (Å²) in [5, 5.41) is 5.33. The van der Waals surface area contributed by atoms with Crippen molar-refractivity contribution in [2.75, 3.05) is 5.32 Å². The van der Waals surface area contributed by atoms with Crippen molar-refractivity contribution >= 4 is 17.5 Å². The summed E-state index contributed by atoms with van der Waals surface area (Å²) in [6, 6.07) is 3.22. The normalized spacial score (nSPS) is 10.0. The van der Waals surface area contributed by atoms with Crippen LogP contribution in [0, 0.1) is 6.92 Å². The largest absolute Gasteiger partial charge is 0.351 e. The summed E-state index contributed by atoms with van der Waals surface area (Å²) in [5.41, 5.74) is 1.58. The molecule has 21 heavy (non-hydrogen) atoms. The van der Waals surface area contributed by atoms with Crippen LogP contribution in [0.1, 0.15) is 28.8 Å². The van der Waals surface area contributed by atoms with E-state index in [2.05, 4.69) is 25.6 Å². The van der Waals surface area contributed by atoms with Gasteiger partial charge < -0.3 is 10.6 Å². The topological polar surface area (TPSA) is 96.9 Å². The lowest BCUT2D eigenvalue weighted by Gasteiger charge is -2.06. The predicted molar refractivity (Wildman–Crippen MR) is 76.5 cm³/mol. The minimum absolute atomic E-state index is 0.150. The van der Waals surface area contributed by atoms with Crippen molar-refractivity contribution in [1.29, 1.82) is 0 Å². The first-order valence-electron chi connectivity index (χ1n) is 6.34. The number of hydrogen-bond acceptors (Lipinski definition) is 5. The summed E-state index contributed by atoms with van der Waals surface area (Å²) in [6.45, 7) is 3.47. The molecule has 2 amide bonds. The molecule has 0 bridgehead atoms. The maximum absolute atomic E-state index is 12.1. The fourth-order valence-corrected chi connectivity index (χ4v) is 1.59. The Kier molecular flexibility index (Phi) is 4.55. The minimum atomic E-state index is -0.283. The standard InChI is InChI=1S/C14H15N5O2/c1-9-16-7-13(8-17-9)19-14(21)11-3-4-15-12(5-11)6-18-10(2)20/h3-5,7-8H,6H2,1-2H3,(H,18,20)(H,19,21). The molecule has 0 fully saturated rings. The molecule has 2 aromatic rings. The summed E-state index contributed by atoms with van der Waals surface area (Å²) in [6.07, 6.45) is 4.61. The number of anilines is 1. The first-order chi connectivity index (χ1) is 10.0. The minimum Gasteiger partial charge on any atom is -0.351 e. The lowest BCUT2D eigenvalue weighted by atomic mass is 10.2. The highest BCUT2D eigenvalue weighted by Crippen LogP contribution is 2.08. The lowest BCUT2D eigenvalue weighted by Crippen LogP contribution is -2.20. The van der Waals surface area contributed by atoms with Crippen LogP contribution < -0.4 is 10.6 Å². The third-order valence-electron chi connectivity index (χ3n) is 2.64. The molecule has 0 unspecified atom stereocenters. The molecule has 0 aliphatic heterocycles. The maximum Gasteiger partial charge on any atom is 0.255 e. The van der Waals surface area contributed by atoms with Gasteiger partial charge in [0, 0.05) is 18.7 Å². The number of aromatic nitrogens is 3. The first kappa shape index (κ1) is 14.6. The zero-order valence-electron chi connectivity index (χ0n) is 11.8. The Labute approximate surface area is 121 Å². The Balaban J connectivity index is 2.06. The molecule has 7 heteroatoms. The molecule has 2 aromatic heterocycles. The molecular formula is C14H15N5O2. The Morgan fingerprint density at radius 2 is 1.90 bits per heavy atom. The van der Waals surface area contributed by atoms with Crippen molar-refractivity contribution in [1.82, 2.24) is 20.3 Å². The van der Waals surface area contributed by atoms with Crippen molar-refractivity contribution in [3.63, 3.8) is 0 Å². The predicted octanol–water partition coefficient (Wildman–Crippen LogP) is 1.07. The first-order valence-corrected chi connectivity index (χ1v) is 6.34. The van der Waals surface area contributed by atoms with Crippen LogP contribution in [0.2, 0.25) is 0 Å². The molecule has 0 saturated carbocycles. The monoisotopic (exact) mass is 285 g/mol. The number of amides is 2. The van der Waals surface area contributed by atoms with Gasteiger partial charge in [0.15, 0.2) is 0 Å². The summed E-state index contributed by atoms with van der Waals surface area (Å²) < 4.78 is 0. The highest BCUT2D eigenvalue weighted by atomic mass is 16.2. The second-order valence-electron chi connectivity index (χ2n) is 4.42. The van der Waals surface area contributed by atoms with Crippen LogP contribution in [-0.2, 0) is 11.3 Å². The fraction of sp³-hybridized carbons (Fsp3) is 0.214. The van der Waals surface area contributed by atoms with Crippen molar-refractivity contribution in [2.45, 2.75) is 20.4 Å². The average Bonchev–Trinajstić information content (AvgIpc) is 2.48. The van der Waals surface area contributed by atoms with Crippen molar-refractivity contribution in [3.8, 4) is 0 Å². The van der Waals surface area contributed by atoms with Crippen LogP contribution in [0.15, 0.2) is 30.7 Å². The van der Waals surface area contributed by atoms with Gasteiger partial charge in [0.1, 0.15) is 5.82 Å². The zero-order valence-corrected chi connectivity index (χ0v) is 11.8. The van der Waals surface area contributed by atoms with E-state index in [1.165, 1.54) is 13.1 Å². The number of hydrogen-bond donors (Lipinski definition) is 2. The van der Waals surface area contributed by atoms with Gasteiger partial charge in [0.25, 0.3) is 5.91 Å². The molecule has 0 aliphatic carbocycles. The molecule has 7 nitrogen and oxygen atoms in total. The number of carbonyl (C=O) groups excluding carboxylic acids is 2. The molecule has 2 heterocycles. The van der Waals surface area contributed by atoms with Crippen LogP contribution in [-0.4, -0.2) is 26.8 Å². The molecule has 2 rings (SSSR count). The van der Waals surface area contributed by atoms with Gasteiger partial charge in [0.2, 0.25) is 5.91 Å². The van der Waals surface area contributed by atoms with E-state index in [4.69, 9.17) is 0 Å². The Morgan fingerprint density at radius 3 is 2.57 bits per heavy atom. The van der Waals surface area contributed by atoms with Gasteiger partial charge >= 0.3 is 0 Å². The lowest BCUT2D eigenvalue weighted by molar-refractivity contribution is -0.119. The molecule has 0 radical (unpaired) electrons. The number of pyridine rings is 1. The van der Waals surface area contributed by atoms with E-state index >= 15 is 0 Å². The fourth-order valence-electron chi connectivity index (χ4n) is 1.59. The van der Waals surface area contributed by atoms with Gasteiger partial charge in [-0.15, -0.1) is 0 Å². The Hall–Kier alpha value is -2.83. The number of nitrogens with one attached hydrogen (secondary N) is 2. The average molecular weight is 285 g/mol. The summed E-state index contributed by atoms with van der Waals surface area (Å²) in [4.78, 5) is 35.1. The number of rotatable bonds is 4. The van der Waals surface area contributed by atoms with Crippen LogP contribution in [0.5, 0.6) is 0 Å². The molecule has 0 aromatic carbocycles. The van der Waals surface area contributed by atoms with E-state index in [0.29, 0.717) is 22.8 Å². The van der Waals surface area contributed by atoms with E-state index in [0.717, 1.165) is 0 Å². The van der Waals surface area contributed by atoms with Gasteiger partial charge in [-0.1, -0.05) is 0 Å². The molecule has 108 valence electrons. The van der Waals surface area contributed by atoms with E-state index in [-0.39, 0.29) is 18.4 Å². The van der Waals surface area contributed by atoms with Gasteiger partial charge in [-0.2, -0.15) is 0 Å². The van der Waals surface area contributed by atoms with E-state index in [1.807, 2.05) is 0 Å². The molecular weight excluding hydrogens is 270 g/mol. The van der Waals surface area contributed by atoms with Crippen molar-refractivity contribution < 1.29 is 9.59 Å². The van der Waals surface area contributed by atoms with E-state index in [9.17, 15) is 9.59 Å². The highest BCUT2D eigenvalue weighted by molar-refractivity contribution is 6.04. The van der Waals surface area contributed by atoms with Gasteiger partial charge in [-0.05, 0) is 19.1 Å². The van der Waals surface area contributed by atoms with E-state index < -0.39 is 0 Å². The van der Waals surface area contributed by atoms with Crippen molar-refractivity contribution in [3.05, 3.63) is 47.8 Å². The van der Waals surface area contributed by atoms with Gasteiger partial charge in [0.05, 0.1) is 30.3 Å². The number of nitrogens with zero attached hydrogens (tertiary/aromatic N) is 3. The molecule has 0 spiro atoms. The Morgan fingerprint density at radius 1 is 1.19 bits per heavy atom. The quantitative estimate of drug-likeness (QED) is 0.875. The van der Waals surface area contributed by atoms with Crippen LogP contribution >= 0.6 is 0 Å². The van der Waals surface area contributed by atoms with Crippen molar-refractivity contribution in [2.24, 2.45) is 0 Å². The second-order valence-corrected chi connectivity index (χ2v) is 4.42. The number of carbonyl (C=O) groups is 2. The van der Waals surface area contributed by atoms with Crippen LogP contribution in [0.3, 0.4) is 0 Å². The summed E-state index contributed by atoms with van der Waals surface area (Å²) in [7, 11) is 0. The summed E-state index contributed by atoms with van der Waals surface area (Å²) >= 11 is 0. The van der Waals surface area contributed by atoms with Gasteiger partial charge in [-0.25, -0.2) is 9.97 Å². The zero-order chi connectivity index (χ0) is 15.2. The second kappa shape index (κ2) is 6.56. The third-order valence-corrected chi connectivity index (χ3v) is 2.64. The van der Waals surface area contributed by atoms with Gasteiger partial charge in [-0.3, -0.25) is 14.6 Å². The highest BCUT2D eigenvalue weighted by Gasteiger charge is 2.08. The Bertz CT molecular complexity index is 655. The smallest absolute Gasteiger partial charge is 0.255 e. The molecule has 0 atom stereocenters.